The average Bonchev–Trinajstić information content (AvgIpc) is 3.40. The number of anilines is 1. The molecule has 2 aliphatic carbocycles. The van der Waals surface area contributed by atoms with Gasteiger partial charge in [-0.25, -0.2) is 4.99 Å². The van der Waals surface area contributed by atoms with Crippen LogP contribution in [0.3, 0.4) is 0 Å². The molecule has 1 heterocycles. The predicted octanol–water partition coefficient (Wildman–Crippen LogP) is 9.90. The van der Waals surface area contributed by atoms with Crippen molar-refractivity contribution >= 4 is 22.8 Å². The van der Waals surface area contributed by atoms with Gasteiger partial charge in [0.15, 0.2) is 0 Å². The Labute approximate surface area is 270 Å². The van der Waals surface area contributed by atoms with Crippen molar-refractivity contribution in [1.82, 2.24) is 0 Å². The van der Waals surface area contributed by atoms with Crippen LogP contribution in [0.2, 0.25) is 0 Å². The number of aliphatic imine (C=N–C) groups is 1. The van der Waals surface area contributed by atoms with Crippen LogP contribution in [0.4, 0.5) is 5.69 Å². The zero-order chi connectivity index (χ0) is 31.6. The standard InChI is InChI=1S/C42H45N3/c1-5-17-34(18-6-2)42(43)44-39(29-31(4)33-19-9-8-10-20-33)36-22-15-21-35(30-36)32(7-3)23-16-28-45-40-26-13-11-24-37(40)38-25-12-14-27-41(38)45/h5-19,21-27,29-31,33,37,40H,1,20,28H2,2-4H3,(H2,43,44)/b18-6-,23-16-,32-7+,34-17+,39-29-. The van der Waals surface area contributed by atoms with Gasteiger partial charge in [-0.2, -0.15) is 0 Å². The summed E-state index contributed by atoms with van der Waals surface area (Å²) in [4.78, 5) is 7.52. The van der Waals surface area contributed by atoms with Crippen molar-refractivity contribution in [2.45, 2.75) is 39.2 Å². The molecule has 3 aliphatic rings. The third kappa shape index (κ3) is 7.44. The van der Waals surface area contributed by atoms with Crippen LogP contribution >= 0.6 is 0 Å². The van der Waals surface area contributed by atoms with Crippen molar-refractivity contribution < 1.29 is 0 Å². The summed E-state index contributed by atoms with van der Waals surface area (Å²) in [5.74, 6) is 1.58. The second-order valence-electron chi connectivity index (χ2n) is 11.7. The summed E-state index contributed by atoms with van der Waals surface area (Å²) in [6, 6.07) is 17.8. The highest BCUT2D eigenvalue weighted by atomic mass is 15.2. The summed E-state index contributed by atoms with van der Waals surface area (Å²) in [6.45, 7) is 11.0. The highest BCUT2D eigenvalue weighted by Crippen LogP contribution is 2.43. The first-order valence-electron chi connectivity index (χ1n) is 16.0. The monoisotopic (exact) mass is 591 g/mol. The lowest BCUT2D eigenvalue weighted by Crippen LogP contribution is -2.32. The van der Waals surface area contributed by atoms with Gasteiger partial charge in [-0.1, -0.05) is 147 Å². The summed E-state index contributed by atoms with van der Waals surface area (Å²) < 4.78 is 0. The van der Waals surface area contributed by atoms with E-state index in [1.54, 1.807) is 6.08 Å². The van der Waals surface area contributed by atoms with Crippen molar-refractivity contribution in [2.75, 3.05) is 11.4 Å². The van der Waals surface area contributed by atoms with Crippen LogP contribution in [-0.2, 0) is 0 Å². The van der Waals surface area contributed by atoms with Gasteiger partial charge < -0.3 is 10.6 Å². The molecule has 4 unspecified atom stereocenters. The smallest absolute Gasteiger partial charge is 0.131 e. The number of benzene rings is 2. The first-order chi connectivity index (χ1) is 22.0. The molecule has 45 heavy (non-hydrogen) atoms. The number of hydrogen-bond acceptors (Lipinski definition) is 2. The van der Waals surface area contributed by atoms with E-state index in [0.29, 0.717) is 23.7 Å². The average molecular weight is 592 g/mol. The maximum absolute atomic E-state index is 6.59. The van der Waals surface area contributed by atoms with E-state index in [-0.39, 0.29) is 5.92 Å². The van der Waals surface area contributed by atoms with Gasteiger partial charge >= 0.3 is 0 Å². The predicted molar refractivity (Wildman–Crippen MR) is 196 cm³/mol. The lowest BCUT2D eigenvalue weighted by atomic mass is 9.87. The number of fused-ring (bicyclic) bond motifs is 3. The van der Waals surface area contributed by atoms with Gasteiger partial charge in [0.25, 0.3) is 0 Å². The van der Waals surface area contributed by atoms with Crippen molar-refractivity contribution in [3.8, 4) is 0 Å². The van der Waals surface area contributed by atoms with E-state index in [4.69, 9.17) is 10.7 Å². The Morgan fingerprint density at radius 2 is 1.80 bits per heavy atom. The normalized spacial score (nSPS) is 22.4. The van der Waals surface area contributed by atoms with Crippen molar-refractivity contribution in [3.05, 3.63) is 175 Å². The van der Waals surface area contributed by atoms with E-state index in [9.17, 15) is 0 Å². The van der Waals surface area contributed by atoms with Gasteiger partial charge in [0, 0.05) is 29.3 Å². The van der Waals surface area contributed by atoms with Gasteiger partial charge in [-0.3, -0.25) is 0 Å². The van der Waals surface area contributed by atoms with Crippen LogP contribution < -0.4 is 10.6 Å². The van der Waals surface area contributed by atoms with Gasteiger partial charge in [0.2, 0.25) is 0 Å². The molecule has 0 saturated heterocycles. The van der Waals surface area contributed by atoms with Crippen molar-refractivity contribution in [2.24, 2.45) is 22.6 Å². The Morgan fingerprint density at radius 3 is 2.58 bits per heavy atom. The highest BCUT2D eigenvalue weighted by molar-refractivity contribution is 6.02. The quantitative estimate of drug-likeness (QED) is 0.161. The summed E-state index contributed by atoms with van der Waals surface area (Å²) in [5.41, 5.74) is 14.4. The molecule has 0 amide bonds. The van der Waals surface area contributed by atoms with Crippen LogP contribution in [0.25, 0.3) is 11.3 Å². The van der Waals surface area contributed by atoms with Gasteiger partial charge in [0.05, 0.1) is 11.7 Å². The molecule has 228 valence electrons. The number of rotatable bonds is 11. The lowest BCUT2D eigenvalue weighted by Gasteiger charge is -2.27. The molecule has 0 saturated carbocycles. The molecule has 2 N–H and O–H groups in total. The third-order valence-electron chi connectivity index (χ3n) is 8.76. The molecule has 0 aromatic heterocycles. The second kappa shape index (κ2) is 15.2. The van der Waals surface area contributed by atoms with Gasteiger partial charge in [0.1, 0.15) is 5.84 Å². The Kier molecular flexibility index (Phi) is 10.7. The Morgan fingerprint density at radius 1 is 1.00 bits per heavy atom. The summed E-state index contributed by atoms with van der Waals surface area (Å²) in [5, 5.41) is 0. The Balaban J connectivity index is 1.43. The number of para-hydroxylation sites is 1. The summed E-state index contributed by atoms with van der Waals surface area (Å²) in [6.07, 6.45) is 35.3. The molecule has 5 rings (SSSR count). The minimum Gasteiger partial charge on any atom is -0.383 e. The van der Waals surface area contributed by atoms with E-state index in [0.717, 1.165) is 35.4 Å². The molecule has 0 radical (unpaired) electrons. The number of hydrogen-bond donors (Lipinski definition) is 1. The van der Waals surface area contributed by atoms with E-state index in [1.807, 2.05) is 25.2 Å². The number of nitrogens with two attached hydrogens (primary N) is 1. The molecular formula is C42H45N3. The summed E-state index contributed by atoms with van der Waals surface area (Å²) in [7, 11) is 0. The van der Waals surface area contributed by atoms with Gasteiger partial charge in [-0.05, 0) is 60.9 Å². The molecule has 3 heteroatoms. The molecule has 1 aliphatic heterocycles. The zero-order valence-corrected chi connectivity index (χ0v) is 26.8. The molecule has 0 spiro atoms. The van der Waals surface area contributed by atoms with Crippen LogP contribution in [0.15, 0.2) is 163 Å². The van der Waals surface area contributed by atoms with Crippen molar-refractivity contribution in [3.63, 3.8) is 0 Å². The third-order valence-corrected chi connectivity index (χ3v) is 8.76. The highest BCUT2D eigenvalue weighted by Gasteiger charge is 2.35. The molecule has 2 aromatic carbocycles. The van der Waals surface area contributed by atoms with Crippen LogP contribution in [-0.4, -0.2) is 18.4 Å². The van der Waals surface area contributed by atoms with Gasteiger partial charge in [-0.15, -0.1) is 0 Å². The Bertz CT molecular complexity index is 1680. The first-order valence-corrected chi connectivity index (χ1v) is 16.0. The van der Waals surface area contributed by atoms with E-state index in [1.165, 1.54) is 16.8 Å². The fourth-order valence-electron chi connectivity index (χ4n) is 6.39. The molecule has 0 fully saturated rings. The van der Waals surface area contributed by atoms with E-state index >= 15 is 0 Å². The minimum absolute atomic E-state index is 0.284. The second-order valence-corrected chi connectivity index (χ2v) is 11.7. The SMILES string of the molecule is C=C/C=C(\C=C/C)C(/N)=N\C(=C/C(C)C1C=CC=CC1)c1cccc(C(/C=C\CN2c3ccccc3C3C=CC=CC32)=C/C)c1. The number of allylic oxidation sites excluding steroid dienone is 13. The maximum Gasteiger partial charge on any atom is 0.131 e. The van der Waals surface area contributed by atoms with E-state index < -0.39 is 0 Å². The summed E-state index contributed by atoms with van der Waals surface area (Å²) >= 11 is 0. The Hall–Kier alpha value is -4.89. The largest absolute Gasteiger partial charge is 0.383 e. The molecule has 4 atom stereocenters. The lowest BCUT2D eigenvalue weighted by molar-refractivity contribution is 0.515. The topological polar surface area (TPSA) is 41.6 Å². The fourth-order valence-corrected chi connectivity index (χ4v) is 6.39. The maximum atomic E-state index is 6.59. The minimum atomic E-state index is 0.284. The fraction of sp³-hybridized carbons (Fsp3) is 0.214. The zero-order valence-electron chi connectivity index (χ0n) is 26.8. The van der Waals surface area contributed by atoms with Crippen LogP contribution in [0.5, 0.6) is 0 Å². The molecule has 3 nitrogen and oxygen atoms in total. The number of amidine groups is 1. The molecular weight excluding hydrogens is 546 g/mol. The number of nitrogens with zero attached hydrogens (tertiary/aromatic N) is 2. The van der Waals surface area contributed by atoms with Crippen LogP contribution in [0.1, 0.15) is 49.8 Å². The van der Waals surface area contributed by atoms with E-state index in [2.05, 4.69) is 147 Å². The molecule has 2 aromatic rings. The first kappa shape index (κ1) is 31.5. The van der Waals surface area contributed by atoms with Crippen LogP contribution in [0, 0.1) is 11.8 Å². The molecule has 0 bridgehead atoms. The van der Waals surface area contributed by atoms with Crippen molar-refractivity contribution in [1.29, 1.82) is 0 Å².